The molecule has 1 saturated carbocycles. The van der Waals surface area contributed by atoms with Crippen molar-refractivity contribution in [2.24, 2.45) is 5.73 Å². The van der Waals surface area contributed by atoms with E-state index >= 15 is 0 Å². The van der Waals surface area contributed by atoms with E-state index in [1.54, 1.807) is 18.2 Å². The first kappa shape index (κ1) is 10.7. The highest BCUT2D eigenvalue weighted by Crippen LogP contribution is 2.50. The molecular formula is C10H9Cl2NO2. The van der Waals surface area contributed by atoms with Gasteiger partial charge < -0.3 is 10.8 Å². The number of rotatable bonds is 2. The van der Waals surface area contributed by atoms with Crippen LogP contribution in [0.1, 0.15) is 17.9 Å². The van der Waals surface area contributed by atoms with Crippen molar-refractivity contribution in [1.82, 2.24) is 0 Å². The van der Waals surface area contributed by atoms with Crippen LogP contribution in [0.4, 0.5) is 0 Å². The summed E-state index contributed by atoms with van der Waals surface area (Å²) in [5.41, 5.74) is 5.38. The molecule has 80 valence electrons. The Bertz CT molecular complexity index is 435. The standard InChI is InChI=1S/C10H9Cl2NO2/c11-7-2-1-5(3-8(7)12)6-4-10(6,13)9(14)15/h1-3,6H,4,13H2,(H,14,15). The number of halogens is 2. The van der Waals surface area contributed by atoms with Crippen molar-refractivity contribution in [2.75, 3.05) is 0 Å². The molecule has 0 heterocycles. The number of carboxylic acid groups (broad SMARTS) is 1. The minimum atomic E-state index is -1.13. The zero-order chi connectivity index (χ0) is 11.2. The van der Waals surface area contributed by atoms with Gasteiger partial charge in [-0.25, -0.2) is 0 Å². The Balaban J connectivity index is 2.27. The van der Waals surface area contributed by atoms with Crippen molar-refractivity contribution in [3.8, 4) is 0 Å². The maximum Gasteiger partial charge on any atom is 0.324 e. The molecule has 0 aliphatic heterocycles. The fourth-order valence-corrected chi connectivity index (χ4v) is 1.97. The monoisotopic (exact) mass is 245 g/mol. The van der Waals surface area contributed by atoms with Crippen LogP contribution < -0.4 is 5.73 Å². The Morgan fingerprint density at radius 2 is 2.13 bits per heavy atom. The van der Waals surface area contributed by atoms with E-state index in [1.165, 1.54) is 0 Å². The number of benzene rings is 1. The summed E-state index contributed by atoms with van der Waals surface area (Å²) >= 11 is 11.6. The second-order valence-corrected chi connectivity index (χ2v) is 4.59. The largest absolute Gasteiger partial charge is 0.480 e. The fourth-order valence-electron chi connectivity index (χ4n) is 1.66. The van der Waals surface area contributed by atoms with Crippen LogP contribution in [-0.2, 0) is 4.79 Å². The van der Waals surface area contributed by atoms with Gasteiger partial charge in [0, 0.05) is 5.92 Å². The fraction of sp³-hybridized carbons (Fsp3) is 0.300. The number of carbonyl (C=O) groups is 1. The number of carboxylic acids is 1. The lowest BCUT2D eigenvalue weighted by atomic mass is 10.1. The molecule has 0 aromatic heterocycles. The van der Waals surface area contributed by atoms with Gasteiger partial charge in [0.15, 0.2) is 0 Å². The predicted molar refractivity (Wildman–Crippen MR) is 58.4 cm³/mol. The Labute approximate surface area is 96.8 Å². The SMILES string of the molecule is NC1(C(=O)O)CC1c1ccc(Cl)c(Cl)c1. The molecule has 1 aliphatic carbocycles. The Morgan fingerprint density at radius 1 is 1.47 bits per heavy atom. The van der Waals surface area contributed by atoms with E-state index in [4.69, 9.17) is 34.0 Å². The summed E-state index contributed by atoms with van der Waals surface area (Å²) in [7, 11) is 0. The van der Waals surface area contributed by atoms with Crippen LogP contribution >= 0.6 is 23.2 Å². The molecule has 1 aromatic rings. The summed E-state index contributed by atoms with van der Waals surface area (Å²) < 4.78 is 0. The summed E-state index contributed by atoms with van der Waals surface area (Å²) in [6, 6.07) is 5.09. The van der Waals surface area contributed by atoms with E-state index in [1.807, 2.05) is 0 Å². The number of nitrogens with two attached hydrogens (primary N) is 1. The van der Waals surface area contributed by atoms with Gasteiger partial charge in [-0.1, -0.05) is 29.3 Å². The van der Waals surface area contributed by atoms with Crippen molar-refractivity contribution in [1.29, 1.82) is 0 Å². The Morgan fingerprint density at radius 3 is 2.60 bits per heavy atom. The molecule has 1 aromatic carbocycles. The maximum absolute atomic E-state index is 10.8. The lowest BCUT2D eigenvalue weighted by Crippen LogP contribution is -2.34. The topological polar surface area (TPSA) is 63.3 Å². The van der Waals surface area contributed by atoms with Crippen LogP contribution in [0.25, 0.3) is 0 Å². The molecule has 3 nitrogen and oxygen atoms in total. The molecule has 2 rings (SSSR count). The third-order valence-corrected chi connectivity index (χ3v) is 3.49. The van der Waals surface area contributed by atoms with Gasteiger partial charge in [-0.15, -0.1) is 0 Å². The first-order chi connectivity index (χ1) is 6.95. The second kappa shape index (κ2) is 3.37. The molecule has 5 heteroatoms. The Hall–Kier alpha value is -0.770. The van der Waals surface area contributed by atoms with Gasteiger partial charge in [-0.3, -0.25) is 4.79 Å². The van der Waals surface area contributed by atoms with Crippen LogP contribution in [-0.4, -0.2) is 16.6 Å². The third-order valence-electron chi connectivity index (χ3n) is 2.75. The molecule has 2 unspecified atom stereocenters. The lowest BCUT2D eigenvalue weighted by molar-refractivity contribution is -0.139. The number of aliphatic carboxylic acids is 1. The van der Waals surface area contributed by atoms with Crippen LogP contribution in [0.15, 0.2) is 18.2 Å². The third kappa shape index (κ3) is 1.71. The number of hydrogen-bond donors (Lipinski definition) is 2. The molecule has 0 amide bonds. The maximum atomic E-state index is 10.8. The highest BCUT2D eigenvalue weighted by Gasteiger charge is 2.58. The van der Waals surface area contributed by atoms with E-state index < -0.39 is 11.5 Å². The zero-order valence-electron chi connectivity index (χ0n) is 7.71. The van der Waals surface area contributed by atoms with Gasteiger partial charge in [0.1, 0.15) is 5.54 Å². The molecule has 0 bridgehead atoms. The summed E-state index contributed by atoms with van der Waals surface area (Å²) in [5, 5.41) is 9.77. The van der Waals surface area contributed by atoms with Crippen LogP contribution in [0, 0.1) is 0 Å². The molecule has 0 spiro atoms. The quantitative estimate of drug-likeness (QED) is 0.841. The van der Waals surface area contributed by atoms with Crippen molar-refractivity contribution >= 4 is 29.2 Å². The predicted octanol–water partition coefficient (Wildman–Crippen LogP) is 2.26. The lowest BCUT2D eigenvalue weighted by Gasteiger charge is -2.06. The highest BCUT2D eigenvalue weighted by atomic mass is 35.5. The summed E-state index contributed by atoms with van der Waals surface area (Å²) in [6.07, 6.45) is 0.445. The van der Waals surface area contributed by atoms with E-state index in [0.717, 1.165) is 5.56 Å². The molecule has 0 radical (unpaired) electrons. The van der Waals surface area contributed by atoms with E-state index in [2.05, 4.69) is 0 Å². The average molecular weight is 246 g/mol. The Kier molecular flexibility index (Phi) is 2.41. The zero-order valence-corrected chi connectivity index (χ0v) is 9.22. The molecule has 1 aliphatic rings. The molecule has 15 heavy (non-hydrogen) atoms. The van der Waals surface area contributed by atoms with Crippen LogP contribution in [0.3, 0.4) is 0 Å². The van der Waals surface area contributed by atoms with Gasteiger partial charge in [0.05, 0.1) is 10.0 Å². The molecular weight excluding hydrogens is 237 g/mol. The molecule has 1 fully saturated rings. The van der Waals surface area contributed by atoms with Crippen molar-refractivity contribution in [3.05, 3.63) is 33.8 Å². The van der Waals surface area contributed by atoms with Crippen LogP contribution in [0.5, 0.6) is 0 Å². The minimum absolute atomic E-state index is 0.162. The van der Waals surface area contributed by atoms with Crippen molar-refractivity contribution < 1.29 is 9.90 Å². The first-order valence-corrected chi connectivity index (χ1v) is 5.18. The van der Waals surface area contributed by atoms with Crippen molar-refractivity contribution in [3.63, 3.8) is 0 Å². The van der Waals surface area contributed by atoms with E-state index in [0.29, 0.717) is 16.5 Å². The summed E-state index contributed by atoms with van der Waals surface area (Å²) in [4.78, 5) is 10.8. The molecule has 0 saturated heterocycles. The van der Waals surface area contributed by atoms with E-state index in [9.17, 15) is 4.79 Å². The van der Waals surface area contributed by atoms with Gasteiger partial charge in [-0.2, -0.15) is 0 Å². The molecule has 2 atom stereocenters. The molecule has 3 N–H and O–H groups in total. The van der Waals surface area contributed by atoms with Gasteiger partial charge in [0.2, 0.25) is 0 Å². The first-order valence-electron chi connectivity index (χ1n) is 4.42. The van der Waals surface area contributed by atoms with Gasteiger partial charge in [0.25, 0.3) is 0 Å². The average Bonchev–Trinajstić information content (AvgIpc) is 2.85. The van der Waals surface area contributed by atoms with Gasteiger partial charge >= 0.3 is 5.97 Å². The second-order valence-electron chi connectivity index (χ2n) is 3.78. The summed E-state index contributed by atoms with van der Waals surface area (Å²) in [6.45, 7) is 0. The normalized spacial score (nSPS) is 28.9. The van der Waals surface area contributed by atoms with E-state index in [-0.39, 0.29) is 5.92 Å². The number of hydrogen-bond acceptors (Lipinski definition) is 2. The van der Waals surface area contributed by atoms with Crippen molar-refractivity contribution in [2.45, 2.75) is 17.9 Å². The minimum Gasteiger partial charge on any atom is -0.480 e. The summed E-state index contributed by atoms with van der Waals surface area (Å²) in [5.74, 6) is -1.14. The smallest absolute Gasteiger partial charge is 0.324 e. The van der Waals surface area contributed by atoms with Crippen LogP contribution in [0.2, 0.25) is 10.0 Å². The highest BCUT2D eigenvalue weighted by molar-refractivity contribution is 6.42. The van der Waals surface area contributed by atoms with Gasteiger partial charge in [-0.05, 0) is 24.1 Å².